The van der Waals surface area contributed by atoms with E-state index < -0.39 is 5.82 Å². The van der Waals surface area contributed by atoms with E-state index in [9.17, 15) is 9.59 Å². The summed E-state index contributed by atoms with van der Waals surface area (Å²) in [5.74, 6) is 1.47. The summed E-state index contributed by atoms with van der Waals surface area (Å²) in [5.41, 5.74) is 7.33. The largest absolute Gasteiger partial charge is 0.370 e. The molecule has 0 spiro atoms. The fourth-order valence-corrected chi connectivity index (χ4v) is 8.53. The van der Waals surface area contributed by atoms with E-state index in [-0.39, 0.29) is 11.5 Å². The predicted molar refractivity (Wildman–Crippen MR) is 183 cm³/mol. The molecule has 10 heteroatoms. The maximum Gasteiger partial charge on any atom is 0.274 e. The van der Waals surface area contributed by atoms with Crippen molar-refractivity contribution in [2.24, 2.45) is 18.9 Å². The number of hydrogen-bond acceptors (Lipinski definition) is 6. The lowest BCUT2D eigenvalue weighted by Gasteiger charge is -2.32. The summed E-state index contributed by atoms with van der Waals surface area (Å²) in [7, 11) is 3.89. The fraction of sp³-hybridized carbons (Fsp3) is 0.432. The van der Waals surface area contributed by atoms with Crippen molar-refractivity contribution in [3.05, 3.63) is 87.5 Å². The number of anilines is 4. The van der Waals surface area contributed by atoms with Crippen LogP contribution in [-0.4, -0.2) is 64.7 Å². The van der Waals surface area contributed by atoms with Crippen molar-refractivity contribution in [3.8, 4) is 11.1 Å². The van der Waals surface area contributed by atoms with E-state index in [1.54, 1.807) is 24.2 Å². The van der Waals surface area contributed by atoms with Crippen LogP contribution in [0.15, 0.2) is 53.6 Å². The Kier molecular flexibility index (Phi) is 7.43. The van der Waals surface area contributed by atoms with E-state index in [0.717, 1.165) is 63.1 Å². The molecule has 3 aliphatic heterocycles. The highest BCUT2D eigenvalue weighted by atomic mass is 19.1. The zero-order valence-corrected chi connectivity index (χ0v) is 27.4. The Balaban J connectivity index is 1.08. The summed E-state index contributed by atoms with van der Waals surface area (Å²) in [4.78, 5) is 38.4. The molecule has 0 saturated carbocycles. The first-order valence-electron chi connectivity index (χ1n) is 17.0. The number of rotatable bonds is 6. The summed E-state index contributed by atoms with van der Waals surface area (Å²) in [6, 6.07) is 10.8. The maximum absolute atomic E-state index is 15.4. The molecule has 6 heterocycles. The molecule has 1 N–H and O–H groups in total. The SMILES string of the molecule is CCc1c(-c2cc(Nc3ccc(N4CC5CN(C)CC5C4)cn3)c(=O)n(C)c2)cc(F)cc1N1CCn2c(cc3c2CCCC3)C1=O. The first-order chi connectivity index (χ1) is 22.8. The number of benzene rings is 1. The van der Waals surface area contributed by atoms with Gasteiger partial charge in [0.15, 0.2) is 0 Å². The molecule has 2 atom stereocenters. The lowest BCUT2D eigenvalue weighted by Crippen LogP contribution is -2.41. The van der Waals surface area contributed by atoms with Crippen LogP contribution in [0, 0.1) is 17.7 Å². The monoisotopic (exact) mass is 635 g/mol. The predicted octanol–water partition coefficient (Wildman–Crippen LogP) is 5.23. The number of amides is 1. The summed E-state index contributed by atoms with van der Waals surface area (Å²) < 4.78 is 19.1. The van der Waals surface area contributed by atoms with Gasteiger partial charge in [0.2, 0.25) is 0 Å². The molecule has 2 fully saturated rings. The molecule has 47 heavy (non-hydrogen) atoms. The van der Waals surface area contributed by atoms with E-state index in [4.69, 9.17) is 0 Å². The number of aromatic nitrogens is 3. The van der Waals surface area contributed by atoms with E-state index in [1.807, 2.05) is 19.2 Å². The van der Waals surface area contributed by atoms with Gasteiger partial charge < -0.3 is 29.2 Å². The number of halogens is 1. The van der Waals surface area contributed by atoms with E-state index >= 15 is 4.39 Å². The summed E-state index contributed by atoms with van der Waals surface area (Å²) in [6.07, 6.45) is 8.52. The molecular weight excluding hydrogens is 593 g/mol. The number of nitrogens with zero attached hydrogens (tertiary/aromatic N) is 6. The van der Waals surface area contributed by atoms with Crippen LogP contribution >= 0.6 is 0 Å². The Morgan fingerprint density at radius 1 is 0.957 bits per heavy atom. The smallest absolute Gasteiger partial charge is 0.274 e. The molecule has 1 aromatic carbocycles. The third-order valence-electron chi connectivity index (χ3n) is 10.8. The van der Waals surface area contributed by atoms with Gasteiger partial charge >= 0.3 is 0 Å². The molecule has 1 amide bonds. The highest BCUT2D eigenvalue weighted by molar-refractivity contribution is 6.07. The van der Waals surface area contributed by atoms with Crippen LogP contribution in [0.1, 0.15) is 47.1 Å². The molecular formula is C37H42FN7O2. The minimum absolute atomic E-state index is 0.0845. The van der Waals surface area contributed by atoms with Gasteiger partial charge in [-0.15, -0.1) is 0 Å². The van der Waals surface area contributed by atoms with Crippen molar-refractivity contribution in [1.82, 2.24) is 19.0 Å². The minimum Gasteiger partial charge on any atom is -0.370 e. The lowest BCUT2D eigenvalue weighted by atomic mass is 9.95. The number of hydrogen-bond donors (Lipinski definition) is 1. The van der Waals surface area contributed by atoms with E-state index in [1.165, 1.54) is 28.0 Å². The quantitative estimate of drug-likeness (QED) is 0.313. The Morgan fingerprint density at radius 3 is 2.49 bits per heavy atom. The van der Waals surface area contributed by atoms with E-state index in [0.29, 0.717) is 65.4 Å². The average molecular weight is 636 g/mol. The normalized spacial score (nSPS) is 20.8. The number of pyridine rings is 2. The highest BCUT2D eigenvalue weighted by Gasteiger charge is 2.39. The summed E-state index contributed by atoms with van der Waals surface area (Å²) >= 11 is 0. The van der Waals surface area contributed by atoms with Crippen molar-refractivity contribution in [2.45, 2.75) is 45.6 Å². The Morgan fingerprint density at radius 2 is 1.74 bits per heavy atom. The fourth-order valence-electron chi connectivity index (χ4n) is 8.53. The number of aryl methyl sites for hydroxylation is 2. The second-order valence-corrected chi connectivity index (χ2v) is 13.9. The molecule has 4 aromatic rings. The first-order valence-corrected chi connectivity index (χ1v) is 17.0. The van der Waals surface area contributed by atoms with Crippen LogP contribution in [0.25, 0.3) is 11.1 Å². The van der Waals surface area contributed by atoms with Gasteiger partial charge in [0.05, 0.1) is 17.6 Å². The van der Waals surface area contributed by atoms with Gasteiger partial charge in [-0.1, -0.05) is 6.92 Å². The van der Waals surface area contributed by atoms with Crippen LogP contribution in [0.2, 0.25) is 0 Å². The third-order valence-corrected chi connectivity index (χ3v) is 10.8. The first kappa shape index (κ1) is 29.9. The van der Waals surface area contributed by atoms with Crippen molar-refractivity contribution in [2.75, 3.05) is 54.9 Å². The highest BCUT2D eigenvalue weighted by Crippen LogP contribution is 2.37. The van der Waals surface area contributed by atoms with Crippen LogP contribution in [0.5, 0.6) is 0 Å². The third kappa shape index (κ3) is 5.23. The minimum atomic E-state index is -0.418. The molecule has 1 aliphatic carbocycles. The molecule has 0 bridgehead atoms. The summed E-state index contributed by atoms with van der Waals surface area (Å²) in [5, 5.41) is 3.23. The average Bonchev–Trinajstić information content (AvgIpc) is 3.75. The standard InChI is InChI=1S/C37H42FN7O2/c1-4-29-30(15-27(38)16-33(29)45-12-11-44-32-8-6-5-7-23(32)14-34(44)37(45)47)24-13-31(36(46)42(3)20-24)40-35-10-9-28(17-39-35)43-21-25-18-41(2)19-26(25)22-43/h9-10,13-17,20,25-26H,4-8,11-12,18-19,21-22H2,1-3H3,(H,39,40). The number of fused-ring (bicyclic) bond motifs is 4. The van der Waals surface area contributed by atoms with Gasteiger partial charge in [-0.05, 0) is 104 Å². The topological polar surface area (TPSA) is 78.6 Å². The summed E-state index contributed by atoms with van der Waals surface area (Å²) in [6.45, 7) is 7.57. The van der Waals surface area contributed by atoms with Gasteiger partial charge in [0.25, 0.3) is 11.5 Å². The van der Waals surface area contributed by atoms with Crippen LogP contribution in [-0.2, 0) is 32.9 Å². The molecule has 9 nitrogen and oxygen atoms in total. The second-order valence-electron chi connectivity index (χ2n) is 13.9. The molecule has 0 radical (unpaired) electrons. The number of carbonyl (C=O) groups excluding carboxylic acids is 1. The van der Waals surface area contributed by atoms with Gasteiger partial charge in [-0.2, -0.15) is 0 Å². The van der Waals surface area contributed by atoms with E-state index in [2.05, 4.69) is 43.8 Å². The lowest BCUT2D eigenvalue weighted by molar-refractivity contribution is 0.0964. The molecule has 2 unspecified atom stereocenters. The Labute approximate surface area is 274 Å². The molecule has 244 valence electrons. The molecule has 3 aromatic heterocycles. The molecule has 4 aliphatic rings. The molecule has 2 saturated heterocycles. The van der Waals surface area contributed by atoms with Crippen LogP contribution in [0.4, 0.5) is 27.3 Å². The second kappa shape index (κ2) is 11.7. The van der Waals surface area contributed by atoms with Crippen molar-refractivity contribution >= 4 is 28.8 Å². The zero-order valence-electron chi connectivity index (χ0n) is 27.4. The zero-order chi connectivity index (χ0) is 32.4. The van der Waals surface area contributed by atoms with Crippen molar-refractivity contribution in [1.29, 1.82) is 0 Å². The van der Waals surface area contributed by atoms with Crippen LogP contribution in [0.3, 0.4) is 0 Å². The van der Waals surface area contributed by atoms with Crippen molar-refractivity contribution in [3.63, 3.8) is 0 Å². The molecule has 8 rings (SSSR count). The number of carbonyl (C=O) groups is 1. The van der Waals surface area contributed by atoms with Gasteiger partial charge in [0.1, 0.15) is 23.0 Å². The maximum atomic E-state index is 15.4. The Hall–Kier alpha value is -4.44. The van der Waals surface area contributed by atoms with Gasteiger partial charge in [-0.25, -0.2) is 9.37 Å². The van der Waals surface area contributed by atoms with Crippen LogP contribution < -0.4 is 20.7 Å². The number of likely N-dealkylation sites (tertiary alicyclic amines) is 1. The number of nitrogens with one attached hydrogen (secondary N) is 1. The van der Waals surface area contributed by atoms with Gasteiger partial charge in [-0.3, -0.25) is 9.59 Å². The van der Waals surface area contributed by atoms with Crippen molar-refractivity contribution < 1.29 is 9.18 Å². The van der Waals surface area contributed by atoms with Gasteiger partial charge in [0, 0.05) is 63.8 Å². The Bertz CT molecular complexity index is 1920.